The summed E-state index contributed by atoms with van der Waals surface area (Å²) in [4.78, 5) is 15.4. The van der Waals surface area contributed by atoms with Gasteiger partial charge in [0.1, 0.15) is 5.88 Å². The van der Waals surface area contributed by atoms with E-state index in [2.05, 4.69) is 4.90 Å². The maximum atomic E-state index is 11.5. The molecule has 1 amide bonds. The number of hydrogen-bond acceptors (Lipinski definition) is 2. The third-order valence-electron chi connectivity index (χ3n) is 2.96. The van der Waals surface area contributed by atoms with Crippen molar-refractivity contribution < 1.29 is 4.79 Å². The molecule has 1 aromatic carbocycles. The average Bonchev–Trinajstić information content (AvgIpc) is 2.37. The molecule has 3 nitrogen and oxygen atoms in total. The number of carbonyl (C=O) groups is 1. The summed E-state index contributed by atoms with van der Waals surface area (Å²) in [6.07, 6.45) is 0. The van der Waals surface area contributed by atoms with Crippen LogP contribution in [0, 0.1) is 0 Å². The molecule has 0 aromatic heterocycles. The Morgan fingerprint density at radius 2 is 1.61 bits per heavy atom. The lowest BCUT2D eigenvalue weighted by atomic mass is 10.2. The molecule has 0 bridgehead atoms. The van der Waals surface area contributed by atoms with Gasteiger partial charge in [0.05, 0.1) is 0 Å². The van der Waals surface area contributed by atoms with Crippen LogP contribution in [0.2, 0.25) is 10.0 Å². The predicted molar refractivity (Wildman–Crippen MR) is 76.0 cm³/mol. The first-order chi connectivity index (χ1) is 8.60. The summed E-state index contributed by atoms with van der Waals surface area (Å²) in [5.74, 6) is 0.0312. The predicted octanol–water partition coefficient (Wildman–Crippen LogP) is 2.88. The van der Waals surface area contributed by atoms with E-state index >= 15 is 0 Å². The van der Waals surface area contributed by atoms with E-state index in [0.717, 1.165) is 18.8 Å². The van der Waals surface area contributed by atoms with Crippen LogP contribution >= 0.6 is 34.8 Å². The van der Waals surface area contributed by atoms with Crippen molar-refractivity contribution in [3.8, 4) is 0 Å². The van der Waals surface area contributed by atoms with E-state index in [-0.39, 0.29) is 11.8 Å². The van der Waals surface area contributed by atoms with Crippen LogP contribution in [0.5, 0.6) is 0 Å². The van der Waals surface area contributed by atoms with Crippen LogP contribution < -0.4 is 4.90 Å². The summed E-state index contributed by atoms with van der Waals surface area (Å²) in [7, 11) is 0. The second-order valence-corrected chi connectivity index (χ2v) is 5.27. The van der Waals surface area contributed by atoms with Gasteiger partial charge in [-0.15, -0.1) is 11.6 Å². The molecule has 1 fully saturated rings. The first-order valence-corrected chi connectivity index (χ1v) is 6.94. The Hall–Kier alpha value is -0.640. The Balaban J connectivity index is 2.03. The second-order valence-electron chi connectivity index (χ2n) is 4.13. The summed E-state index contributed by atoms with van der Waals surface area (Å²) in [6, 6.07) is 5.47. The van der Waals surface area contributed by atoms with Crippen molar-refractivity contribution in [3.63, 3.8) is 0 Å². The standard InChI is InChI=1S/C12H13Cl3N2O/c13-8-12(18)17-3-1-16(2-4-17)11-6-9(14)5-10(15)7-11/h5-7H,1-4,8H2. The first-order valence-electron chi connectivity index (χ1n) is 5.65. The molecule has 98 valence electrons. The lowest BCUT2D eigenvalue weighted by Crippen LogP contribution is -2.49. The maximum Gasteiger partial charge on any atom is 0.237 e. The number of piperazine rings is 1. The van der Waals surface area contributed by atoms with Crippen LogP contribution in [-0.4, -0.2) is 42.9 Å². The molecule has 0 radical (unpaired) electrons. The largest absolute Gasteiger partial charge is 0.368 e. The Bertz CT molecular complexity index is 425. The van der Waals surface area contributed by atoms with Crippen molar-refractivity contribution in [2.75, 3.05) is 37.0 Å². The molecule has 0 saturated carbocycles. The number of anilines is 1. The molecular weight excluding hydrogens is 295 g/mol. The molecule has 1 aliphatic heterocycles. The fraction of sp³-hybridized carbons (Fsp3) is 0.417. The number of halogens is 3. The number of rotatable bonds is 2. The second kappa shape index (κ2) is 6.00. The molecule has 6 heteroatoms. The molecule has 1 heterocycles. The Labute approximate surface area is 121 Å². The van der Waals surface area contributed by atoms with Crippen molar-refractivity contribution in [3.05, 3.63) is 28.2 Å². The highest BCUT2D eigenvalue weighted by molar-refractivity contribution is 6.35. The van der Waals surface area contributed by atoms with Crippen molar-refractivity contribution in [1.29, 1.82) is 0 Å². The van der Waals surface area contributed by atoms with Gasteiger partial charge >= 0.3 is 0 Å². The third-order valence-corrected chi connectivity index (χ3v) is 3.62. The van der Waals surface area contributed by atoms with Crippen molar-refractivity contribution in [2.45, 2.75) is 0 Å². The molecule has 1 aliphatic rings. The summed E-state index contributed by atoms with van der Waals surface area (Å²) >= 11 is 17.5. The van der Waals surface area contributed by atoms with Gasteiger partial charge in [-0.2, -0.15) is 0 Å². The SMILES string of the molecule is O=C(CCl)N1CCN(c2cc(Cl)cc(Cl)c2)CC1. The van der Waals surface area contributed by atoms with E-state index in [1.807, 2.05) is 12.1 Å². The van der Waals surface area contributed by atoms with Crippen molar-refractivity contribution in [2.24, 2.45) is 0 Å². The number of nitrogens with zero attached hydrogens (tertiary/aromatic N) is 2. The van der Waals surface area contributed by atoms with E-state index < -0.39 is 0 Å². The molecule has 0 N–H and O–H groups in total. The molecule has 1 aromatic rings. The van der Waals surface area contributed by atoms with Gasteiger partial charge in [-0.3, -0.25) is 4.79 Å². The minimum absolute atomic E-state index is 0.0135. The van der Waals surface area contributed by atoms with E-state index in [9.17, 15) is 4.79 Å². The van der Waals surface area contributed by atoms with Gasteiger partial charge in [0.15, 0.2) is 0 Å². The smallest absolute Gasteiger partial charge is 0.237 e. The summed E-state index contributed by atoms with van der Waals surface area (Å²) < 4.78 is 0. The highest BCUT2D eigenvalue weighted by Gasteiger charge is 2.20. The maximum absolute atomic E-state index is 11.5. The lowest BCUT2D eigenvalue weighted by Gasteiger charge is -2.36. The van der Waals surface area contributed by atoms with Crippen LogP contribution in [0.3, 0.4) is 0 Å². The van der Waals surface area contributed by atoms with Gasteiger partial charge in [-0.1, -0.05) is 23.2 Å². The number of carbonyl (C=O) groups excluding carboxylic acids is 1. The van der Waals surface area contributed by atoms with Gasteiger partial charge in [-0.25, -0.2) is 0 Å². The van der Waals surface area contributed by atoms with Crippen LogP contribution in [0.4, 0.5) is 5.69 Å². The van der Waals surface area contributed by atoms with Gasteiger partial charge in [-0.05, 0) is 18.2 Å². The topological polar surface area (TPSA) is 23.6 Å². The first kappa shape index (κ1) is 13.8. The quantitative estimate of drug-likeness (QED) is 0.784. The Kier molecular flexibility index (Phi) is 4.60. The lowest BCUT2D eigenvalue weighted by molar-refractivity contribution is -0.128. The highest BCUT2D eigenvalue weighted by atomic mass is 35.5. The van der Waals surface area contributed by atoms with Gasteiger partial charge in [0.25, 0.3) is 0 Å². The molecule has 18 heavy (non-hydrogen) atoms. The Morgan fingerprint density at radius 1 is 1.06 bits per heavy atom. The van der Waals surface area contributed by atoms with Gasteiger partial charge in [0, 0.05) is 41.9 Å². The number of hydrogen-bond donors (Lipinski definition) is 0. The zero-order valence-corrected chi connectivity index (χ0v) is 12.0. The highest BCUT2D eigenvalue weighted by Crippen LogP contribution is 2.26. The van der Waals surface area contributed by atoms with E-state index in [1.54, 1.807) is 11.0 Å². The zero-order chi connectivity index (χ0) is 13.1. The molecule has 0 aliphatic carbocycles. The number of amides is 1. The number of alkyl halides is 1. The van der Waals surface area contributed by atoms with E-state index in [1.165, 1.54) is 0 Å². The van der Waals surface area contributed by atoms with Crippen LogP contribution in [0.25, 0.3) is 0 Å². The van der Waals surface area contributed by atoms with E-state index in [0.29, 0.717) is 23.1 Å². The van der Waals surface area contributed by atoms with Crippen LogP contribution in [0.1, 0.15) is 0 Å². The van der Waals surface area contributed by atoms with Crippen molar-refractivity contribution in [1.82, 2.24) is 4.90 Å². The third kappa shape index (κ3) is 3.22. The molecular formula is C12H13Cl3N2O. The van der Waals surface area contributed by atoms with Crippen molar-refractivity contribution >= 4 is 46.4 Å². The summed E-state index contributed by atoms with van der Waals surface area (Å²) in [6.45, 7) is 2.88. The van der Waals surface area contributed by atoms with Crippen LogP contribution in [0.15, 0.2) is 18.2 Å². The molecule has 0 unspecified atom stereocenters. The minimum atomic E-state index is -0.0135. The molecule has 0 spiro atoms. The molecule has 2 rings (SSSR count). The van der Waals surface area contributed by atoms with Crippen LogP contribution in [-0.2, 0) is 4.79 Å². The molecule has 1 saturated heterocycles. The van der Waals surface area contributed by atoms with Gasteiger partial charge in [0.2, 0.25) is 5.91 Å². The summed E-state index contributed by atoms with van der Waals surface area (Å²) in [5, 5.41) is 1.24. The fourth-order valence-electron chi connectivity index (χ4n) is 2.02. The average molecular weight is 308 g/mol. The molecule has 0 atom stereocenters. The Morgan fingerprint density at radius 3 is 2.11 bits per heavy atom. The van der Waals surface area contributed by atoms with E-state index in [4.69, 9.17) is 34.8 Å². The van der Waals surface area contributed by atoms with Gasteiger partial charge < -0.3 is 9.80 Å². The minimum Gasteiger partial charge on any atom is -0.368 e. The normalized spacial score (nSPS) is 15.9. The number of benzene rings is 1. The monoisotopic (exact) mass is 306 g/mol. The zero-order valence-electron chi connectivity index (χ0n) is 9.70. The fourth-order valence-corrected chi connectivity index (χ4v) is 2.70. The summed E-state index contributed by atoms with van der Waals surface area (Å²) in [5.41, 5.74) is 0.991.